The van der Waals surface area contributed by atoms with Crippen molar-refractivity contribution in [3.63, 3.8) is 0 Å². The molecule has 1 N–H and O–H groups in total. The number of hydrogen-bond acceptors (Lipinski definition) is 3. The molecule has 1 saturated heterocycles. The molecular weight excluding hydrogens is 338 g/mol. The lowest BCUT2D eigenvalue weighted by Crippen LogP contribution is -2.54. The number of ether oxygens (including phenoxy) is 2. The molecule has 1 aliphatic carbocycles. The summed E-state index contributed by atoms with van der Waals surface area (Å²) < 4.78 is 11.9. The SMILES string of the molecule is CO[C@@H]1O[C@H]2C[C@@H](c3ccccc3)CC[C@H]2C[C@@H]1NC(=O)c1ccccc1. The number of amides is 1. The Morgan fingerprint density at radius 2 is 1.70 bits per heavy atom. The van der Waals surface area contributed by atoms with Crippen molar-refractivity contribution >= 4 is 5.91 Å². The molecule has 4 heteroatoms. The van der Waals surface area contributed by atoms with E-state index in [9.17, 15) is 4.79 Å². The first-order chi connectivity index (χ1) is 13.2. The van der Waals surface area contributed by atoms with Crippen LogP contribution in [0.3, 0.4) is 0 Å². The van der Waals surface area contributed by atoms with Gasteiger partial charge in [0.2, 0.25) is 0 Å². The Kier molecular flexibility index (Phi) is 5.55. The highest BCUT2D eigenvalue weighted by Crippen LogP contribution is 2.42. The molecule has 2 fully saturated rings. The normalized spacial score (nSPS) is 30.3. The van der Waals surface area contributed by atoms with Gasteiger partial charge in [-0.3, -0.25) is 4.79 Å². The summed E-state index contributed by atoms with van der Waals surface area (Å²) in [5, 5.41) is 3.12. The van der Waals surface area contributed by atoms with Crippen LogP contribution in [-0.2, 0) is 9.47 Å². The summed E-state index contributed by atoms with van der Waals surface area (Å²) in [6, 6.07) is 19.9. The zero-order chi connectivity index (χ0) is 18.6. The van der Waals surface area contributed by atoms with Crippen LogP contribution in [0.25, 0.3) is 0 Å². The molecule has 1 aliphatic heterocycles. The molecule has 2 aromatic carbocycles. The second-order valence-corrected chi connectivity index (χ2v) is 7.64. The van der Waals surface area contributed by atoms with Crippen LogP contribution >= 0.6 is 0 Å². The van der Waals surface area contributed by atoms with Gasteiger partial charge < -0.3 is 14.8 Å². The van der Waals surface area contributed by atoms with Gasteiger partial charge in [-0.15, -0.1) is 0 Å². The molecule has 2 aliphatic rings. The third-order valence-corrected chi connectivity index (χ3v) is 5.98. The third kappa shape index (κ3) is 4.07. The van der Waals surface area contributed by atoms with Gasteiger partial charge in [0.25, 0.3) is 5.91 Å². The average molecular weight is 365 g/mol. The number of fused-ring (bicyclic) bond motifs is 1. The number of carbonyl (C=O) groups excluding carboxylic acids is 1. The van der Waals surface area contributed by atoms with E-state index in [1.165, 1.54) is 12.0 Å². The van der Waals surface area contributed by atoms with Gasteiger partial charge in [-0.05, 0) is 55.2 Å². The predicted molar refractivity (Wildman–Crippen MR) is 105 cm³/mol. The molecule has 0 unspecified atom stereocenters. The average Bonchev–Trinajstić information content (AvgIpc) is 2.74. The summed E-state index contributed by atoms with van der Waals surface area (Å²) in [5.41, 5.74) is 2.07. The maximum Gasteiger partial charge on any atom is 0.251 e. The lowest BCUT2D eigenvalue weighted by molar-refractivity contribution is -0.218. The quantitative estimate of drug-likeness (QED) is 0.886. The fourth-order valence-corrected chi connectivity index (χ4v) is 4.55. The van der Waals surface area contributed by atoms with Crippen molar-refractivity contribution in [2.24, 2.45) is 5.92 Å². The van der Waals surface area contributed by atoms with Gasteiger partial charge in [-0.25, -0.2) is 0 Å². The van der Waals surface area contributed by atoms with Crippen molar-refractivity contribution in [2.45, 2.75) is 50.0 Å². The molecular formula is C23H27NO3. The van der Waals surface area contributed by atoms with Crippen LogP contribution in [-0.4, -0.2) is 31.5 Å². The smallest absolute Gasteiger partial charge is 0.251 e. The van der Waals surface area contributed by atoms with E-state index in [4.69, 9.17) is 9.47 Å². The number of benzene rings is 2. The first kappa shape index (κ1) is 18.2. The third-order valence-electron chi connectivity index (χ3n) is 5.98. The van der Waals surface area contributed by atoms with E-state index < -0.39 is 6.29 Å². The summed E-state index contributed by atoms with van der Waals surface area (Å²) in [6.07, 6.45) is 4.02. The monoisotopic (exact) mass is 365 g/mol. The molecule has 0 spiro atoms. The number of rotatable bonds is 4. The molecule has 2 aromatic rings. The van der Waals surface area contributed by atoms with Crippen LogP contribution in [0.2, 0.25) is 0 Å². The molecule has 1 heterocycles. The maximum absolute atomic E-state index is 12.5. The van der Waals surface area contributed by atoms with Crippen molar-refractivity contribution in [2.75, 3.05) is 7.11 Å². The van der Waals surface area contributed by atoms with Crippen LogP contribution in [0.4, 0.5) is 0 Å². The topological polar surface area (TPSA) is 47.6 Å². The molecule has 4 nitrogen and oxygen atoms in total. The van der Waals surface area contributed by atoms with E-state index >= 15 is 0 Å². The fraction of sp³-hybridized carbons (Fsp3) is 0.435. The molecule has 1 amide bonds. The van der Waals surface area contributed by atoms with E-state index in [0.29, 0.717) is 17.4 Å². The van der Waals surface area contributed by atoms with Crippen molar-refractivity contribution in [1.82, 2.24) is 5.32 Å². The van der Waals surface area contributed by atoms with Crippen molar-refractivity contribution < 1.29 is 14.3 Å². The standard InChI is InChI=1S/C23H27NO3/c1-26-23-20(24-22(25)17-10-6-3-7-11-17)14-19-13-12-18(15-21(19)27-23)16-8-4-2-5-9-16/h2-11,18-21,23H,12-15H2,1H3,(H,24,25)/t18-,19-,20-,21-,23+/m0/s1. The Morgan fingerprint density at radius 1 is 1.00 bits per heavy atom. The number of hydrogen-bond donors (Lipinski definition) is 1. The van der Waals surface area contributed by atoms with E-state index in [1.54, 1.807) is 7.11 Å². The van der Waals surface area contributed by atoms with Crippen molar-refractivity contribution in [3.05, 3.63) is 71.8 Å². The lowest BCUT2D eigenvalue weighted by Gasteiger charge is -2.45. The van der Waals surface area contributed by atoms with Gasteiger partial charge in [-0.1, -0.05) is 48.5 Å². The first-order valence-electron chi connectivity index (χ1n) is 9.83. The lowest BCUT2D eigenvalue weighted by atomic mass is 9.73. The Balaban J connectivity index is 1.42. The van der Waals surface area contributed by atoms with Crippen LogP contribution in [0, 0.1) is 5.92 Å². The minimum atomic E-state index is -0.395. The van der Waals surface area contributed by atoms with E-state index in [2.05, 4.69) is 35.6 Å². The maximum atomic E-state index is 12.5. The van der Waals surface area contributed by atoms with E-state index in [-0.39, 0.29) is 18.1 Å². The van der Waals surface area contributed by atoms with Crippen molar-refractivity contribution in [3.8, 4) is 0 Å². The van der Waals surface area contributed by atoms with Gasteiger partial charge in [-0.2, -0.15) is 0 Å². The molecule has 5 atom stereocenters. The van der Waals surface area contributed by atoms with Crippen LogP contribution < -0.4 is 5.32 Å². The second kappa shape index (κ2) is 8.24. The summed E-state index contributed by atoms with van der Waals surface area (Å²) in [6.45, 7) is 0. The number of carbonyl (C=O) groups is 1. The highest BCUT2D eigenvalue weighted by Gasteiger charge is 2.42. The van der Waals surface area contributed by atoms with Crippen LogP contribution in [0.15, 0.2) is 60.7 Å². The number of methoxy groups -OCH3 is 1. The molecule has 0 bridgehead atoms. The Labute approximate surface area is 160 Å². The minimum Gasteiger partial charge on any atom is -0.354 e. The highest BCUT2D eigenvalue weighted by atomic mass is 16.7. The van der Waals surface area contributed by atoms with Crippen molar-refractivity contribution in [1.29, 1.82) is 0 Å². The molecule has 0 aromatic heterocycles. The Bertz CT molecular complexity index is 749. The summed E-state index contributed by atoms with van der Waals surface area (Å²) in [4.78, 5) is 12.5. The predicted octanol–water partition coefficient (Wildman–Crippen LogP) is 4.13. The fourth-order valence-electron chi connectivity index (χ4n) is 4.55. The molecule has 27 heavy (non-hydrogen) atoms. The van der Waals surface area contributed by atoms with Crippen LogP contribution in [0.5, 0.6) is 0 Å². The van der Waals surface area contributed by atoms with Gasteiger partial charge in [0, 0.05) is 12.7 Å². The largest absolute Gasteiger partial charge is 0.354 e. The zero-order valence-corrected chi connectivity index (χ0v) is 15.7. The molecule has 4 rings (SSSR count). The van der Waals surface area contributed by atoms with Crippen LogP contribution in [0.1, 0.15) is 47.5 Å². The van der Waals surface area contributed by atoms with Gasteiger partial charge in [0.1, 0.15) is 0 Å². The molecule has 1 saturated carbocycles. The first-order valence-corrected chi connectivity index (χ1v) is 9.83. The summed E-state index contributed by atoms with van der Waals surface area (Å²) in [5.74, 6) is 0.945. The second-order valence-electron chi connectivity index (χ2n) is 7.64. The molecule has 0 radical (unpaired) electrons. The van der Waals surface area contributed by atoms with Gasteiger partial charge in [0.05, 0.1) is 12.1 Å². The highest BCUT2D eigenvalue weighted by molar-refractivity contribution is 5.94. The zero-order valence-electron chi connectivity index (χ0n) is 15.7. The number of nitrogens with one attached hydrogen (secondary N) is 1. The Hall–Kier alpha value is -2.17. The van der Waals surface area contributed by atoms with E-state index in [1.807, 2.05) is 30.3 Å². The summed E-state index contributed by atoms with van der Waals surface area (Å²) in [7, 11) is 1.66. The van der Waals surface area contributed by atoms with E-state index in [0.717, 1.165) is 19.3 Å². The summed E-state index contributed by atoms with van der Waals surface area (Å²) >= 11 is 0. The Morgan fingerprint density at radius 3 is 2.41 bits per heavy atom. The van der Waals surface area contributed by atoms with Gasteiger partial charge in [0.15, 0.2) is 6.29 Å². The minimum absolute atomic E-state index is 0.0670. The van der Waals surface area contributed by atoms with Gasteiger partial charge >= 0.3 is 0 Å². The molecule has 142 valence electrons.